The lowest BCUT2D eigenvalue weighted by Gasteiger charge is -2.39. The predicted octanol–water partition coefficient (Wildman–Crippen LogP) is 5.11. The van der Waals surface area contributed by atoms with Crippen molar-refractivity contribution in [1.82, 2.24) is 10.6 Å². The Morgan fingerprint density at radius 1 is 1.14 bits per heavy atom. The summed E-state index contributed by atoms with van der Waals surface area (Å²) in [6, 6.07) is 4.18. The monoisotopic (exact) mass is 495 g/mol. The molecule has 4 aliphatic rings. The van der Waals surface area contributed by atoms with Crippen molar-refractivity contribution in [3.8, 4) is 11.8 Å². The lowest BCUT2D eigenvalue weighted by atomic mass is 9.70. The van der Waals surface area contributed by atoms with Gasteiger partial charge in [0.25, 0.3) is 5.91 Å². The number of nitrogens with zero attached hydrogens (tertiary/aromatic N) is 1. The quantitative estimate of drug-likeness (QED) is 0.550. The van der Waals surface area contributed by atoms with Crippen LogP contribution in [0.15, 0.2) is 12.1 Å². The minimum Gasteiger partial charge on any atom is -0.489 e. The number of carbonyl (C=O) groups is 2. The zero-order chi connectivity index (χ0) is 25.4. The summed E-state index contributed by atoms with van der Waals surface area (Å²) >= 11 is 0. The molecular formula is C29H38FN3O3. The van der Waals surface area contributed by atoms with Crippen molar-refractivity contribution in [2.45, 2.75) is 90.2 Å². The Labute approximate surface area is 213 Å². The summed E-state index contributed by atoms with van der Waals surface area (Å²) in [6.45, 7) is 5.09. The van der Waals surface area contributed by atoms with Crippen LogP contribution >= 0.6 is 0 Å². The van der Waals surface area contributed by atoms with Crippen LogP contribution in [0.5, 0.6) is 5.75 Å². The Morgan fingerprint density at radius 2 is 1.86 bits per heavy atom. The highest BCUT2D eigenvalue weighted by molar-refractivity contribution is 5.96. The van der Waals surface area contributed by atoms with E-state index < -0.39 is 11.7 Å². The lowest BCUT2D eigenvalue weighted by molar-refractivity contribution is -0.128. The second-order valence-electron chi connectivity index (χ2n) is 12.2. The molecule has 4 atom stereocenters. The fourth-order valence-corrected chi connectivity index (χ4v) is 6.92. The van der Waals surface area contributed by atoms with Crippen molar-refractivity contribution in [2.24, 2.45) is 29.1 Å². The van der Waals surface area contributed by atoms with Crippen molar-refractivity contribution < 1.29 is 18.7 Å². The summed E-state index contributed by atoms with van der Waals surface area (Å²) in [5, 5.41) is 15.7. The molecule has 0 saturated heterocycles. The Bertz CT molecular complexity index is 1050. The van der Waals surface area contributed by atoms with Crippen molar-refractivity contribution in [3.63, 3.8) is 0 Å². The van der Waals surface area contributed by atoms with E-state index in [9.17, 15) is 19.2 Å². The molecule has 0 aliphatic heterocycles. The number of hydrogen-bond acceptors (Lipinski definition) is 4. The molecule has 5 rings (SSSR count). The Hall–Kier alpha value is -2.62. The summed E-state index contributed by atoms with van der Waals surface area (Å²) < 4.78 is 21.1. The number of benzene rings is 1. The van der Waals surface area contributed by atoms with E-state index in [1.54, 1.807) is 0 Å². The summed E-state index contributed by atoms with van der Waals surface area (Å²) in [7, 11) is 0. The van der Waals surface area contributed by atoms with Gasteiger partial charge in [0.1, 0.15) is 17.6 Å². The molecule has 4 saturated carbocycles. The Kier molecular flexibility index (Phi) is 6.98. The van der Waals surface area contributed by atoms with E-state index in [2.05, 4.69) is 24.5 Å². The summed E-state index contributed by atoms with van der Waals surface area (Å²) in [6.07, 6.45) is 10.2. The van der Waals surface area contributed by atoms with Crippen LogP contribution in [0.2, 0.25) is 0 Å². The molecular weight excluding hydrogens is 457 g/mol. The molecule has 7 heteroatoms. The molecule has 2 N–H and O–H groups in total. The number of halogens is 1. The van der Waals surface area contributed by atoms with Crippen LogP contribution in [-0.4, -0.2) is 30.5 Å². The van der Waals surface area contributed by atoms with Gasteiger partial charge in [-0.05, 0) is 93.1 Å². The van der Waals surface area contributed by atoms with Gasteiger partial charge in [0, 0.05) is 12.6 Å². The molecule has 0 unspecified atom stereocenters. The molecule has 4 fully saturated rings. The van der Waals surface area contributed by atoms with Crippen molar-refractivity contribution in [1.29, 1.82) is 5.26 Å². The van der Waals surface area contributed by atoms with E-state index in [0.29, 0.717) is 12.5 Å². The Morgan fingerprint density at radius 3 is 2.53 bits per heavy atom. The number of nitrogens with one attached hydrogen (secondary N) is 2. The summed E-state index contributed by atoms with van der Waals surface area (Å²) in [4.78, 5) is 26.5. The van der Waals surface area contributed by atoms with Gasteiger partial charge in [0.05, 0.1) is 23.1 Å². The number of ether oxygens (including phenoxy) is 1. The van der Waals surface area contributed by atoms with Gasteiger partial charge in [-0.2, -0.15) is 5.26 Å². The molecule has 2 bridgehead atoms. The topological polar surface area (TPSA) is 91.2 Å². The number of fused-ring (bicyclic) bond motifs is 2. The third-order valence-corrected chi connectivity index (χ3v) is 9.46. The molecule has 6 nitrogen and oxygen atoms in total. The van der Waals surface area contributed by atoms with Gasteiger partial charge in [0.2, 0.25) is 5.91 Å². The molecule has 0 radical (unpaired) electrons. The smallest absolute Gasteiger partial charge is 0.254 e. The van der Waals surface area contributed by atoms with Crippen LogP contribution in [0.4, 0.5) is 4.39 Å². The molecule has 2 amide bonds. The van der Waals surface area contributed by atoms with Gasteiger partial charge in [-0.25, -0.2) is 4.39 Å². The first kappa shape index (κ1) is 25.0. The first-order chi connectivity index (χ1) is 17.3. The van der Waals surface area contributed by atoms with Crippen molar-refractivity contribution in [2.75, 3.05) is 6.54 Å². The largest absolute Gasteiger partial charge is 0.489 e. The molecule has 1 aromatic carbocycles. The van der Waals surface area contributed by atoms with E-state index >= 15 is 0 Å². The molecule has 1 aromatic rings. The van der Waals surface area contributed by atoms with Gasteiger partial charge >= 0.3 is 0 Å². The van der Waals surface area contributed by atoms with E-state index in [4.69, 9.17) is 4.74 Å². The van der Waals surface area contributed by atoms with Crippen molar-refractivity contribution >= 4 is 11.8 Å². The van der Waals surface area contributed by atoms with Gasteiger partial charge in [-0.15, -0.1) is 0 Å². The van der Waals surface area contributed by atoms with Gasteiger partial charge in [-0.3, -0.25) is 9.59 Å². The number of nitriles is 1. The molecule has 194 valence electrons. The van der Waals surface area contributed by atoms with Crippen LogP contribution in [0.25, 0.3) is 0 Å². The average molecular weight is 496 g/mol. The van der Waals surface area contributed by atoms with Crippen LogP contribution in [-0.2, 0) is 4.79 Å². The minimum atomic E-state index is -0.740. The maximum absolute atomic E-state index is 15.0. The highest BCUT2D eigenvalue weighted by atomic mass is 19.1. The average Bonchev–Trinajstić information content (AvgIpc) is 3.45. The number of hydrogen-bond donors (Lipinski definition) is 2. The highest BCUT2D eigenvalue weighted by Gasteiger charge is 2.51. The number of rotatable bonds is 7. The van der Waals surface area contributed by atoms with Crippen LogP contribution < -0.4 is 15.4 Å². The van der Waals surface area contributed by atoms with Crippen LogP contribution in [0.1, 0.15) is 94.0 Å². The SMILES string of the molecule is CC1CCC(Oc2cc(C(=O)N[C@@H]3[C@H]4CC[C@H](C4)[C@@H]3C(=O)NCC3(C)CCC3)c(F)cc2C#N)CC1. The van der Waals surface area contributed by atoms with Gasteiger partial charge in [0.15, 0.2) is 0 Å². The first-order valence-corrected chi connectivity index (χ1v) is 13.8. The maximum Gasteiger partial charge on any atom is 0.254 e. The molecule has 36 heavy (non-hydrogen) atoms. The van der Waals surface area contributed by atoms with E-state index in [-0.39, 0.29) is 58.1 Å². The highest BCUT2D eigenvalue weighted by Crippen LogP contribution is 2.49. The van der Waals surface area contributed by atoms with Gasteiger partial charge in [-0.1, -0.05) is 20.3 Å². The fourth-order valence-electron chi connectivity index (χ4n) is 6.92. The predicted molar refractivity (Wildman–Crippen MR) is 134 cm³/mol. The zero-order valence-electron chi connectivity index (χ0n) is 21.4. The molecule has 0 spiro atoms. The number of carbonyl (C=O) groups excluding carboxylic acids is 2. The second kappa shape index (κ2) is 10.0. The third-order valence-electron chi connectivity index (χ3n) is 9.46. The summed E-state index contributed by atoms with van der Waals surface area (Å²) in [5.74, 6) is -0.147. The molecule has 4 aliphatic carbocycles. The van der Waals surface area contributed by atoms with E-state index in [1.165, 1.54) is 12.5 Å². The summed E-state index contributed by atoms with van der Waals surface area (Å²) in [5.41, 5.74) is 0.158. The zero-order valence-corrected chi connectivity index (χ0v) is 21.4. The van der Waals surface area contributed by atoms with E-state index in [0.717, 1.165) is 63.9 Å². The third kappa shape index (κ3) is 4.96. The number of amides is 2. The van der Waals surface area contributed by atoms with Crippen molar-refractivity contribution in [3.05, 3.63) is 29.1 Å². The molecule has 0 aromatic heterocycles. The van der Waals surface area contributed by atoms with E-state index in [1.807, 2.05) is 6.07 Å². The normalized spacial score (nSPS) is 32.3. The van der Waals surface area contributed by atoms with Gasteiger partial charge < -0.3 is 15.4 Å². The lowest BCUT2D eigenvalue weighted by Crippen LogP contribution is -2.51. The fraction of sp³-hybridized carbons (Fsp3) is 0.690. The minimum absolute atomic E-state index is 0.0106. The maximum atomic E-state index is 15.0. The van der Waals surface area contributed by atoms with Crippen LogP contribution in [0.3, 0.4) is 0 Å². The Balaban J connectivity index is 1.30. The standard InChI is InChI=1S/C29H38FN3O3/c1-17-4-8-21(9-5-17)36-24-14-22(23(30)13-20(24)15-31)27(34)33-26-19-7-6-18(12-19)25(26)28(35)32-16-29(2)10-3-11-29/h13-14,17-19,21,25-26H,3-12,16H2,1-2H3,(H,32,35)(H,33,34)/t17?,18-,19+,21?,25+,26-/m1/s1. The first-order valence-electron chi connectivity index (χ1n) is 13.8. The molecule has 0 heterocycles. The second-order valence-corrected chi connectivity index (χ2v) is 12.2. The van der Waals surface area contributed by atoms with Crippen LogP contribution in [0, 0.1) is 46.2 Å².